The fourth-order valence-corrected chi connectivity index (χ4v) is 4.34. The third kappa shape index (κ3) is 6.01. The van der Waals surface area contributed by atoms with Crippen LogP contribution in [0.2, 0.25) is 10.0 Å². The molecule has 0 fully saturated rings. The second-order valence-corrected chi connectivity index (χ2v) is 9.07. The fourth-order valence-electron chi connectivity index (χ4n) is 3.82. The number of amides is 1. The number of carbonyl (C=O) groups excluding carboxylic acids is 1. The van der Waals surface area contributed by atoms with Crippen molar-refractivity contribution < 1.29 is 14.3 Å². The van der Waals surface area contributed by atoms with Crippen LogP contribution in [0.3, 0.4) is 0 Å². The first-order valence-electron chi connectivity index (χ1n) is 11.6. The van der Waals surface area contributed by atoms with Crippen molar-refractivity contribution in [2.45, 2.75) is 33.9 Å². The number of aromatic nitrogens is 2. The minimum Gasteiger partial charge on any atom is -0.494 e. The molecule has 1 amide bonds. The van der Waals surface area contributed by atoms with Gasteiger partial charge in [-0.15, -0.1) is 0 Å². The molecule has 3 aromatic carbocycles. The molecule has 36 heavy (non-hydrogen) atoms. The smallest absolute Gasteiger partial charge is 0.255 e. The van der Waals surface area contributed by atoms with Crippen molar-refractivity contribution in [1.29, 1.82) is 0 Å². The van der Waals surface area contributed by atoms with E-state index in [4.69, 9.17) is 32.7 Å². The van der Waals surface area contributed by atoms with Gasteiger partial charge in [-0.1, -0.05) is 41.4 Å². The van der Waals surface area contributed by atoms with E-state index in [0.717, 1.165) is 28.3 Å². The topological polar surface area (TPSA) is 65.4 Å². The Kier molecular flexibility index (Phi) is 8.18. The maximum atomic E-state index is 13.1. The molecule has 0 saturated carbocycles. The molecular formula is C28H27Cl2N3O3. The van der Waals surface area contributed by atoms with Crippen molar-refractivity contribution in [3.8, 4) is 11.5 Å². The molecule has 0 aliphatic carbocycles. The molecule has 8 heteroatoms. The molecule has 4 rings (SSSR count). The molecule has 0 atom stereocenters. The molecule has 4 aromatic rings. The predicted molar refractivity (Wildman–Crippen MR) is 144 cm³/mol. The first kappa shape index (κ1) is 25.6. The quantitative estimate of drug-likeness (QED) is 0.254. The van der Waals surface area contributed by atoms with Gasteiger partial charge >= 0.3 is 0 Å². The van der Waals surface area contributed by atoms with Gasteiger partial charge in [0.2, 0.25) is 0 Å². The molecule has 0 bridgehead atoms. The Morgan fingerprint density at radius 1 is 0.944 bits per heavy atom. The normalized spacial score (nSPS) is 10.8. The van der Waals surface area contributed by atoms with Crippen molar-refractivity contribution in [3.05, 3.63) is 105 Å². The monoisotopic (exact) mass is 523 g/mol. The van der Waals surface area contributed by atoms with E-state index in [0.29, 0.717) is 46.7 Å². The summed E-state index contributed by atoms with van der Waals surface area (Å²) in [7, 11) is 0. The van der Waals surface area contributed by atoms with E-state index in [9.17, 15) is 4.79 Å². The summed E-state index contributed by atoms with van der Waals surface area (Å²) in [6.45, 7) is 7.06. The highest BCUT2D eigenvalue weighted by Gasteiger charge is 2.17. The number of hydrogen-bond acceptors (Lipinski definition) is 4. The van der Waals surface area contributed by atoms with Crippen LogP contribution in [0.1, 0.15) is 39.8 Å². The van der Waals surface area contributed by atoms with Crippen LogP contribution in [0.5, 0.6) is 11.5 Å². The second kappa shape index (κ2) is 11.5. The zero-order valence-corrected chi connectivity index (χ0v) is 21.9. The molecular weight excluding hydrogens is 497 g/mol. The van der Waals surface area contributed by atoms with Crippen LogP contribution >= 0.6 is 23.2 Å². The number of benzene rings is 3. The molecule has 0 aliphatic rings. The molecule has 0 saturated heterocycles. The van der Waals surface area contributed by atoms with Crippen molar-refractivity contribution in [1.82, 2.24) is 9.78 Å². The largest absolute Gasteiger partial charge is 0.494 e. The maximum absolute atomic E-state index is 13.1. The lowest BCUT2D eigenvalue weighted by Crippen LogP contribution is -2.14. The highest BCUT2D eigenvalue weighted by Crippen LogP contribution is 2.28. The van der Waals surface area contributed by atoms with E-state index in [1.165, 1.54) is 0 Å². The summed E-state index contributed by atoms with van der Waals surface area (Å²) in [6.07, 6.45) is 0. The summed E-state index contributed by atoms with van der Waals surface area (Å²) in [5.74, 6) is 1.30. The fraction of sp³-hybridized carbons (Fsp3) is 0.214. The van der Waals surface area contributed by atoms with E-state index in [-0.39, 0.29) is 5.91 Å². The Balaban J connectivity index is 1.44. The number of carbonyl (C=O) groups is 1. The van der Waals surface area contributed by atoms with Crippen molar-refractivity contribution in [2.75, 3.05) is 11.9 Å². The molecule has 0 unspecified atom stereocenters. The van der Waals surface area contributed by atoms with Gasteiger partial charge in [0.05, 0.1) is 30.2 Å². The van der Waals surface area contributed by atoms with Gasteiger partial charge in [0.25, 0.3) is 5.91 Å². The Hall–Kier alpha value is -3.48. The van der Waals surface area contributed by atoms with E-state index in [1.54, 1.807) is 28.9 Å². The van der Waals surface area contributed by atoms with Gasteiger partial charge in [0, 0.05) is 21.2 Å². The minimum absolute atomic E-state index is 0.223. The number of ether oxygens (including phenoxy) is 2. The molecule has 1 N–H and O–H groups in total. The molecule has 0 radical (unpaired) electrons. The van der Waals surface area contributed by atoms with Gasteiger partial charge in [-0.3, -0.25) is 9.48 Å². The zero-order valence-electron chi connectivity index (χ0n) is 20.3. The van der Waals surface area contributed by atoms with E-state index in [2.05, 4.69) is 10.4 Å². The number of nitrogens with one attached hydrogen (secondary N) is 1. The van der Waals surface area contributed by atoms with Gasteiger partial charge in [0.1, 0.15) is 18.1 Å². The number of anilines is 1. The lowest BCUT2D eigenvalue weighted by Gasteiger charge is -2.11. The third-order valence-corrected chi connectivity index (χ3v) is 6.43. The lowest BCUT2D eigenvalue weighted by atomic mass is 10.1. The average molecular weight is 524 g/mol. The third-order valence-electron chi connectivity index (χ3n) is 5.72. The molecule has 186 valence electrons. The zero-order chi connectivity index (χ0) is 25.7. The Morgan fingerprint density at radius 3 is 2.25 bits per heavy atom. The van der Waals surface area contributed by atoms with E-state index in [1.807, 2.05) is 63.2 Å². The highest BCUT2D eigenvalue weighted by atomic mass is 35.5. The van der Waals surface area contributed by atoms with Crippen molar-refractivity contribution in [3.63, 3.8) is 0 Å². The number of hydrogen-bond donors (Lipinski definition) is 1. The lowest BCUT2D eigenvalue weighted by molar-refractivity contribution is 0.102. The first-order chi connectivity index (χ1) is 17.4. The van der Waals surface area contributed by atoms with Gasteiger partial charge in [-0.05, 0) is 74.9 Å². The van der Waals surface area contributed by atoms with Crippen LogP contribution in [0.15, 0.2) is 66.7 Å². The summed E-state index contributed by atoms with van der Waals surface area (Å²) in [4.78, 5) is 13.1. The van der Waals surface area contributed by atoms with Gasteiger partial charge < -0.3 is 14.8 Å². The summed E-state index contributed by atoms with van der Waals surface area (Å²) in [6, 6.07) is 20.2. The standard InChI is InChI=1S/C28H27Cl2N3O3/c1-4-35-22-11-13-23(14-12-22)36-17-20-7-5-8-21(15-20)28(34)31-27-18(2)32-33(19(27)3)16-24-25(29)9-6-10-26(24)30/h5-15H,4,16-17H2,1-3H3,(H,31,34). The van der Waals surface area contributed by atoms with Crippen LogP contribution < -0.4 is 14.8 Å². The van der Waals surface area contributed by atoms with Gasteiger partial charge in [-0.2, -0.15) is 5.10 Å². The molecule has 1 aromatic heterocycles. The number of aryl methyl sites for hydroxylation is 1. The summed E-state index contributed by atoms with van der Waals surface area (Å²) < 4.78 is 13.1. The SMILES string of the molecule is CCOc1ccc(OCc2cccc(C(=O)Nc3c(C)nn(Cc4c(Cl)cccc4Cl)c3C)c2)cc1. The summed E-state index contributed by atoms with van der Waals surface area (Å²) >= 11 is 12.7. The van der Waals surface area contributed by atoms with E-state index >= 15 is 0 Å². The number of halogens is 2. The Labute approximate surface area is 220 Å². The summed E-state index contributed by atoms with van der Waals surface area (Å²) in [5.41, 5.74) is 4.38. The van der Waals surface area contributed by atoms with Gasteiger partial charge in [0.15, 0.2) is 0 Å². The maximum Gasteiger partial charge on any atom is 0.255 e. The van der Waals surface area contributed by atoms with Crippen molar-refractivity contribution in [2.24, 2.45) is 0 Å². The average Bonchev–Trinajstić information content (AvgIpc) is 3.13. The number of nitrogens with zero attached hydrogens (tertiary/aromatic N) is 2. The Morgan fingerprint density at radius 2 is 1.58 bits per heavy atom. The predicted octanol–water partition coefficient (Wildman–Crippen LogP) is 7.09. The number of rotatable bonds is 9. The minimum atomic E-state index is -0.223. The summed E-state index contributed by atoms with van der Waals surface area (Å²) in [5, 5.41) is 8.74. The van der Waals surface area contributed by atoms with Crippen LogP contribution in [0, 0.1) is 13.8 Å². The molecule has 1 heterocycles. The van der Waals surface area contributed by atoms with Crippen molar-refractivity contribution >= 4 is 34.8 Å². The van der Waals surface area contributed by atoms with Crippen LogP contribution in [0.25, 0.3) is 0 Å². The molecule has 6 nitrogen and oxygen atoms in total. The van der Waals surface area contributed by atoms with Crippen LogP contribution in [0.4, 0.5) is 5.69 Å². The molecule has 0 spiro atoms. The molecule has 0 aliphatic heterocycles. The van der Waals surface area contributed by atoms with Crippen LogP contribution in [-0.4, -0.2) is 22.3 Å². The van der Waals surface area contributed by atoms with Gasteiger partial charge in [-0.25, -0.2) is 0 Å². The first-order valence-corrected chi connectivity index (χ1v) is 12.3. The van der Waals surface area contributed by atoms with Crippen LogP contribution in [-0.2, 0) is 13.2 Å². The van der Waals surface area contributed by atoms with E-state index < -0.39 is 0 Å². The Bertz CT molecular complexity index is 1350. The second-order valence-electron chi connectivity index (χ2n) is 8.25. The highest BCUT2D eigenvalue weighted by molar-refractivity contribution is 6.36.